The van der Waals surface area contributed by atoms with Gasteiger partial charge in [-0.2, -0.15) is 4.31 Å². The Morgan fingerprint density at radius 1 is 1.00 bits per heavy atom. The molecule has 2 aromatic carbocycles. The third-order valence-electron chi connectivity index (χ3n) is 6.36. The van der Waals surface area contributed by atoms with Crippen LogP contribution in [-0.4, -0.2) is 56.8 Å². The Bertz CT molecular complexity index is 1090. The van der Waals surface area contributed by atoms with E-state index in [1.54, 1.807) is 12.1 Å². The molecule has 1 atom stereocenters. The maximum atomic E-state index is 13.0. The number of nitrogens with one attached hydrogen (secondary N) is 2. The standard InChI is InChI=1S/C25H31N3O5S/c1-33-21-9-11-22(12-10-21)34(31,32)28-15-13-19(14-16-28)24(29)27-23(25(30)26-20-7-8-20)17-18-5-3-2-4-6-18/h2-6,9-12,19-20,23H,7-8,13-17H2,1H3,(H,26,30)(H,27,29)/t23-/m0/s1. The second-order valence-electron chi connectivity index (χ2n) is 8.89. The lowest BCUT2D eigenvalue weighted by atomic mass is 9.96. The molecule has 2 fully saturated rings. The van der Waals surface area contributed by atoms with Crippen LogP contribution in [0, 0.1) is 5.92 Å². The van der Waals surface area contributed by atoms with Crippen molar-refractivity contribution in [2.24, 2.45) is 5.92 Å². The van der Waals surface area contributed by atoms with E-state index in [0.717, 1.165) is 18.4 Å². The van der Waals surface area contributed by atoms with Crippen molar-refractivity contribution in [3.63, 3.8) is 0 Å². The zero-order valence-corrected chi connectivity index (χ0v) is 20.1. The molecule has 0 aromatic heterocycles. The normalized spacial score (nSPS) is 18.1. The molecule has 1 saturated heterocycles. The van der Waals surface area contributed by atoms with Crippen molar-refractivity contribution < 1.29 is 22.7 Å². The minimum absolute atomic E-state index is 0.167. The van der Waals surface area contributed by atoms with Crippen LogP contribution in [0.5, 0.6) is 5.75 Å². The van der Waals surface area contributed by atoms with E-state index < -0.39 is 16.1 Å². The molecule has 34 heavy (non-hydrogen) atoms. The average Bonchev–Trinajstić information content (AvgIpc) is 3.68. The molecule has 2 aliphatic rings. The molecule has 9 heteroatoms. The lowest BCUT2D eigenvalue weighted by Gasteiger charge is -2.31. The molecule has 0 spiro atoms. The highest BCUT2D eigenvalue weighted by Gasteiger charge is 2.34. The summed E-state index contributed by atoms with van der Waals surface area (Å²) in [7, 11) is -2.11. The third-order valence-corrected chi connectivity index (χ3v) is 8.27. The second kappa shape index (κ2) is 10.6. The van der Waals surface area contributed by atoms with Gasteiger partial charge in [0.2, 0.25) is 21.8 Å². The smallest absolute Gasteiger partial charge is 0.243 e. The van der Waals surface area contributed by atoms with Crippen molar-refractivity contribution >= 4 is 21.8 Å². The number of hydrogen-bond donors (Lipinski definition) is 2. The molecule has 2 amide bonds. The lowest BCUT2D eigenvalue weighted by molar-refractivity contribution is -0.131. The number of methoxy groups -OCH3 is 1. The molecular weight excluding hydrogens is 454 g/mol. The van der Waals surface area contributed by atoms with Gasteiger partial charge in [0.1, 0.15) is 11.8 Å². The Balaban J connectivity index is 1.36. The van der Waals surface area contributed by atoms with Crippen LogP contribution < -0.4 is 15.4 Å². The number of benzene rings is 2. The summed E-state index contributed by atoms with van der Waals surface area (Å²) in [6, 6.07) is 15.4. The minimum Gasteiger partial charge on any atom is -0.497 e. The topological polar surface area (TPSA) is 105 Å². The van der Waals surface area contributed by atoms with Gasteiger partial charge in [-0.3, -0.25) is 9.59 Å². The predicted octanol–water partition coefficient (Wildman–Crippen LogP) is 2.10. The first-order chi connectivity index (χ1) is 16.4. The highest BCUT2D eigenvalue weighted by molar-refractivity contribution is 7.89. The van der Waals surface area contributed by atoms with Crippen molar-refractivity contribution in [3.05, 3.63) is 60.2 Å². The summed E-state index contributed by atoms with van der Waals surface area (Å²) >= 11 is 0. The number of rotatable bonds is 9. The fourth-order valence-corrected chi connectivity index (χ4v) is 5.60. The molecule has 1 aliphatic heterocycles. The minimum atomic E-state index is -3.64. The summed E-state index contributed by atoms with van der Waals surface area (Å²) in [4.78, 5) is 26.0. The van der Waals surface area contributed by atoms with E-state index in [4.69, 9.17) is 4.74 Å². The van der Waals surface area contributed by atoms with Crippen LogP contribution in [0.25, 0.3) is 0 Å². The van der Waals surface area contributed by atoms with Gasteiger partial charge in [0.05, 0.1) is 12.0 Å². The Kier molecular flexibility index (Phi) is 7.53. The largest absolute Gasteiger partial charge is 0.497 e. The SMILES string of the molecule is COc1ccc(S(=O)(=O)N2CCC(C(=O)N[C@@H](Cc3ccccc3)C(=O)NC3CC3)CC2)cc1. The molecule has 4 rings (SSSR count). The van der Waals surface area contributed by atoms with Gasteiger partial charge in [-0.05, 0) is 55.5 Å². The fraction of sp³-hybridized carbons (Fsp3) is 0.440. The molecule has 8 nitrogen and oxygen atoms in total. The van der Waals surface area contributed by atoms with Gasteiger partial charge in [-0.15, -0.1) is 0 Å². The van der Waals surface area contributed by atoms with Gasteiger partial charge in [-0.1, -0.05) is 30.3 Å². The molecule has 1 saturated carbocycles. The molecule has 0 radical (unpaired) electrons. The average molecular weight is 486 g/mol. The van der Waals surface area contributed by atoms with Crippen molar-refractivity contribution in [3.8, 4) is 5.75 Å². The maximum Gasteiger partial charge on any atom is 0.243 e. The van der Waals surface area contributed by atoms with Gasteiger partial charge in [0, 0.05) is 31.5 Å². The van der Waals surface area contributed by atoms with Crippen LogP contribution in [0.2, 0.25) is 0 Å². The summed E-state index contributed by atoms with van der Waals surface area (Å²) in [6.07, 6.45) is 3.17. The molecule has 182 valence electrons. The Labute approximate surface area is 200 Å². The van der Waals surface area contributed by atoms with E-state index in [2.05, 4.69) is 10.6 Å². The van der Waals surface area contributed by atoms with E-state index in [9.17, 15) is 18.0 Å². The number of amides is 2. The van der Waals surface area contributed by atoms with Crippen LogP contribution in [0.3, 0.4) is 0 Å². The van der Waals surface area contributed by atoms with Crippen molar-refractivity contribution in [2.75, 3.05) is 20.2 Å². The monoisotopic (exact) mass is 485 g/mol. The summed E-state index contributed by atoms with van der Waals surface area (Å²) in [5.41, 5.74) is 0.971. The molecule has 2 N–H and O–H groups in total. The van der Waals surface area contributed by atoms with E-state index in [0.29, 0.717) is 25.0 Å². The molecule has 0 bridgehead atoms. The van der Waals surface area contributed by atoms with Crippen molar-refractivity contribution in [1.82, 2.24) is 14.9 Å². The number of ether oxygens (including phenoxy) is 1. The van der Waals surface area contributed by atoms with Crippen LogP contribution >= 0.6 is 0 Å². The highest BCUT2D eigenvalue weighted by Crippen LogP contribution is 2.25. The van der Waals surface area contributed by atoms with Gasteiger partial charge in [0.15, 0.2) is 0 Å². The van der Waals surface area contributed by atoms with Crippen molar-refractivity contribution in [2.45, 2.75) is 49.1 Å². The van der Waals surface area contributed by atoms with E-state index in [1.165, 1.54) is 23.5 Å². The summed E-state index contributed by atoms with van der Waals surface area (Å²) in [5.74, 6) is -0.118. The molecule has 1 heterocycles. The number of nitrogens with zero attached hydrogens (tertiary/aromatic N) is 1. The fourth-order valence-electron chi connectivity index (χ4n) is 4.13. The first-order valence-electron chi connectivity index (χ1n) is 11.7. The molecule has 0 unspecified atom stereocenters. The summed E-state index contributed by atoms with van der Waals surface area (Å²) < 4.78 is 32.5. The summed E-state index contributed by atoms with van der Waals surface area (Å²) in [5, 5.41) is 5.92. The Morgan fingerprint density at radius 2 is 1.65 bits per heavy atom. The predicted molar refractivity (Wildman–Crippen MR) is 128 cm³/mol. The Hall–Kier alpha value is -2.91. The first-order valence-corrected chi connectivity index (χ1v) is 13.1. The van der Waals surface area contributed by atoms with E-state index in [1.807, 2.05) is 30.3 Å². The number of carbonyl (C=O) groups excluding carboxylic acids is 2. The number of piperidine rings is 1. The first kappa shape index (κ1) is 24.2. The van der Waals surface area contributed by atoms with Gasteiger partial charge in [-0.25, -0.2) is 8.42 Å². The third kappa shape index (κ3) is 5.95. The van der Waals surface area contributed by atoms with Gasteiger partial charge >= 0.3 is 0 Å². The van der Waals surface area contributed by atoms with Gasteiger partial charge < -0.3 is 15.4 Å². The van der Waals surface area contributed by atoms with Crippen LogP contribution in [0.1, 0.15) is 31.2 Å². The number of carbonyl (C=O) groups is 2. The zero-order chi connectivity index (χ0) is 24.1. The molecule has 2 aromatic rings. The lowest BCUT2D eigenvalue weighted by Crippen LogP contribution is -2.51. The maximum absolute atomic E-state index is 13.0. The number of sulfonamides is 1. The molecule has 1 aliphatic carbocycles. The van der Waals surface area contributed by atoms with Crippen LogP contribution in [0.4, 0.5) is 0 Å². The second-order valence-corrected chi connectivity index (χ2v) is 10.8. The van der Waals surface area contributed by atoms with Crippen LogP contribution in [0.15, 0.2) is 59.5 Å². The highest BCUT2D eigenvalue weighted by atomic mass is 32.2. The number of hydrogen-bond acceptors (Lipinski definition) is 5. The van der Waals surface area contributed by atoms with Gasteiger partial charge in [0.25, 0.3) is 0 Å². The Morgan fingerprint density at radius 3 is 2.24 bits per heavy atom. The van der Waals surface area contributed by atoms with E-state index in [-0.39, 0.29) is 41.8 Å². The quantitative estimate of drug-likeness (QED) is 0.566. The van der Waals surface area contributed by atoms with Crippen molar-refractivity contribution in [1.29, 1.82) is 0 Å². The van der Waals surface area contributed by atoms with Crippen LogP contribution in [-0.2, 0) is 26.0 Å². The zero-order valence-electron chi connectivity index (χ0n) is 19.3. The van der Waals surface area contributed by atoms with E-state index >= 15 is 0 Å². The summed E-state index contributed by atoms with van der Waals surface area (Å²) in [6.45, 7) is 0.508. The molecular formula is C25H31N3O5S.